The molecule has 0 aliphatic carbocycles. The largest absolute Gasteiger partial charge is 0.459 e. The van der Waals surface area contributed by atoms with E-state index in [1.165, 1.54) is 21.1 Å². The van der Waals surface area contributed by atoms with Crippen LogP contribution in [0.5, 0.6) is 0 Å². The Morgan fingerprint density at radius 1 is 0.892 bits per heavy atom. The lowest BCUT2D eigenvalue weighted by molar-refractivity contribution is -0.319. The van der Waals surface area contributed by atoms with Gasteiger partial charge in [-0.05, 0) is 102 Å². The van der Waals surface area contributed by atoms with Crippen molar-refractivity contribution in [2.75, 3.05) is 34.9 Å². The Kier molecular flexibility index (Phi) is 21.1. The number of ketones is 1. The molecule has 65 heavy (non-hydrogen) atoms. The number of Topliss-reactive ketones (excluding diaryl/α,β-unsaturated/α-hetero) is 1. The first-order valence-corrected chi connectivity index (χ1v) is 23.6. The lowest BCUT2D eigenvalue weighted by Crippen LogP contribution is -2.62. The molecule has 0 aromatic carbocycles. The summed E-state index contributed by atoms with van der Waals surface area (Å²) in [5.74, 6) is -4.80. The minimum atomic E-state index is -2.01. The fourth-order valence-electron chi connectivity index (χ4n) is 9.95. The van der Waals surface area contributed by atoms with Crippen LogP contribution in [0.15, 0.2) is 0 Å². The highest BCUT2D eigenvalue weighted by Gasteiger charge is 2.55. The summed E-state index contributed by atoms with van der Waals surface area (Å²) in [6, 6.07) is -0.274. The topological polar surface area (TPSA) is 230 Å². The van der Waals surface area contributed by atoms with Crippen molar-refractivity contribution in [3.8, 4) is 0 Å². The van der Waals surface area contributed by atoms with Gasteiger partial charge in [0.2, 0.25) is 5.91 Å². The molecule has 3 aliphatic rings. The number of ether oxygens (including phenoxy) is 8. The Labute approximate surface area is 387 Å². The van der Waals surface area contributed by atoms with Crippen molar-refractivity contribution in [2.45, 2.75) is 218 Å². The highest BCUT2D eigenvalue weighted by molar-refractivity contribution is 5.83. The Morgan fingerprint density at radius 3 is 2.08 bits per heavy atom. The van der Waals surface area contributed by atoms with Crippen LogP contribution in [-0.4, -0.2) is 169 Å². The molecule has 3 fully saturated rings. The van der Waals surface area contributed by atoms with Gasteiger partial charge >= 0.3 is 12.1 Å². The van der Waals surface area contributed by atoms with E-state index in [4.69, 9.17) is 37.9 Å². The second-order valence-corrected chi connectivity index (χ2v) is 20.1. The monoisotopic (exact) mass is 932 g/mol. The van der Waals surface area contributed by atoms with Crippen molar-refractivity contribution in [1.82, 2.24) is 15.5 Å². The number of carbonyl (C=O) groups excluding carboxylic acids is 4. The van der Waals surface area contributed by atoms with E-state index in [-0.39, 0.29) is 49.1 Å². The molecule has 18 atom stereocenters. The predicted molar refractivity (Wildman–Crippen MR) is 240 cm³/mol. The summed E-state index contributed by atoms with van der Waals surface area (Å²) in [4.78, 5) is 55.6. The average molecular weight is 932 g/mol. The third-order valence-corrected chi connectivity index (χ3v) is 14.0. The number of hydrogen-bond donors (Lipinski definition) is 5. The Bertz CT molecular complexity index is 1550. The van der Waals surface area contributed by atoms with Crippen molar-refractivity contribution in [1.29, 1.82) is 0 Å². The molecule has 2 amide bonds. The Morgan fingerprint density at radius 2 is 1.51 bits per heavy atom. The van der Waals surface area contributed by atoms with Gasteiger partial charge in [-0.15, -0.1) is 0 Å². The summed E-state index contributed by atoms with van der Waals surface area (Å²) in [6.07, 6.45) is -8.61. The van der Waals surface area contributed by atoms with Crippen LogP contribution in [0.2, 0.25) is 0 Å². The van der Waals surface area contributed by atoms with Crippen LogP contribution in [0, 0.1) is 23.7 Å². The van der Waals surface area contributed by atoms with E-state index >= 15 is 0 Å². The number of nitrogens with one attached hydrogen (secondary N) is 2. The van der Waals surface area contributed by atoms with Gasteiger partial charge in [0.15, 0.2) is 18.7 Å². The third-order valence-electron chi connectivity index (χ3n) is 14.0. The SMILES string of the molecule is CC[C@H]1OC(=O)[C@H](C)[C@@H](O[C@H]2C[C@@](C)(OC)[C@@H](OC(=O)NCCCCC(=O)NC(C)C)[C@H](C)O2)[C@H](C)[C@@H](O[C@@H]2O[C@H](C)C[C@H](N(C)C)[C@H]2O)[C@@](C)(OC)C[C@@H](C)C(=O)[C@H](C)[C@@H](O)[C@]1(C)O. The Hall–Kier alpha value is -2.52. The van der Waals surface area contributed by atoms with Crippen LogP contribution in [0.1, 0.15) is 128 Å². The third kappa shape index (κ3) is 14.3. The van der Waals surface area contributed by atoms with Gasteiger partial charge < -0.3 is 68.7 Å². The first kappa shape index (κ1) is 56.8. The van der Waals surface area contributed by atoms with Crippen LogP contribution in [0.25, 0.3) is 0 Å². The summed E-state index contributed by atoms with van der Waals surface area (Å²) < 4.78 is 50.8. The van der Waals surface area contributed by atoms with Gasteiger partial charge in [0.05, 0.1) is 42.0 Å². The quantitative estimate of drug-likeness (QED) is 0.116. The summed E-state index contributed by atoms with van der Waals surface area (Å²) in [6.45, 7) is 21.1. The first-order chi connectivity index (χ1) is 30.2. The van der Waals surface area contributed by atoms with Crippen molar-refractivity contribution in [2.24, 2.45) is 23.7 Å². The Balaban J connectivity index is 2.05. The molecule has 3 aliphatic heterocycles. The van der Waals surface area contributed by atoms with Crippen LogP contribution >= 0.6 is 0 Å². The highest BCUT2D eigenvalue weighted by atomic mass is 16.7. The highest BCUT2D eigenvalue weighted by Crippen LogP contribution is 2.42. The van der Waals surface area contributed by atoms with Gasteiger partial charge in [0, 0.05) is 63.4 Å². The maximum atomic E-state index is 14.5. The molecule has 0 bridgehead atoms. The normalized spacial score (nSPS) is 41.4. The van der Waals surface area contributed by atoms with Gasteiger partial charge in [-0.25, -0.2) is 4.79 Å². The fraction of sp³-hybridized carbons (Fsp3) is 0.915. The fourth-order valence-corrected chi connectivity index (χ4v) is 9.95. The number of aliphatic hydroxyl groups is 3. The number of alkyl carbamates (subject to hydrolysis) is 1. The van der Waals surface area contributed by atoms with Gasteiger partial charge in [-0.2, -0.15) is 0 Å². The molecule has 3 rings (SSSR count). The molecule has 18 heteroatoms. The van der Waals surface area contributed by atoms with Gasteiger partial charge in [0.25, 0.3) is 0 Å². The van der Waals surface area contributed by atoms with Crippen molar-refractivity contribution < 1.29 is 72.4 Å². The zero-order valence-electron chi connectivity index (χ0n) is 42.1. The molecule has 5 N–H and O–H groups in total. The number of likely N-dealkylation sites (N-methyl/N-ethyl adjacent to an activating group) is 1. The number of rotatable bonds is 15. The van der Waals surface area contributed by atoms with E-state index in [1.54, 1.807) is 48.5 Å². The molecular formula is C47H85N3O15. The molecule has 3 saturated heterocycles. The number of cyclic esters (lactones) is 1. The maximum Gasteiger partial charge on any atom is 0.407 e. The number of hydrogen-bond acceptors (Lipinski definition) is 16. The molecule has 3 heterocycles. The van der Waals surface area contributed by atoms with Crippen LogP contribution < -0.4 is 10.6 Å². The number of aliphatic hydroxyl groups excluding tert-OH is 2. The van der Waals surface area contributed by atoms with Crippen molar-refractivity contribution in [3.63, 3.8) is 0 Å². The first-order valence-electron chi connectivity index (χ1n) is 23.6. The van der Waals surface area contributed by atoms with E-state index in [0.717, 1.165) is 0 Å². The number of carbonyl (C=O) groups is 4. The number of unbranched alkanes of at least 4 members (excludes halogenated alkanes) is 1. The minimum Gasteiger partial charge on any atom is -0.459 e. The molecule has 0 saturated carbocycles. The van der Waals surface area contributed by atoms with Crippen LogP contribution in [0.3, 0.4) is 0 Å². The van der Waals surface area contributed by atoms with Crippen LogP contribution in [-0.2, 0) is 52.3 Å². The van der Waals surface area contributed by atoms with E-state index in [2.05, 4.69) is 10.6 Å². The minimum absolute atomic E-state index is 0.0448. The number of nitrogens with zero attached hydrogens (tertiary/aromatic N) is 1. The average Bonchev–Trinajstić information content (AvgIpc) is 3.23. The van der Waals surface area contributed by atoms with E-state index < -0.39 is 108 Å². The maximum absolute atomic E-state index is 14.5. The zero-order valence-corrected chi connectivity index (χ0v) is 42.1. The molecule has 0 aromatic heterocycles. The van der Waals surface area contributed by atoms with Crippen molar-refractivity contribution in [3.05, 3.63) is 0 Å². The summed E-state index contributed by atoms with van der Waals surface area (Å²) >= 11 is 0. The van der Waals surface area contributed by atoms with Gasteiger partial charge in [-0.1, -0.05) is 27.7 Å². The second kappa shape index (κ2) is 24.2. The molecule has 18 nitrogen and oxygen atoms in total. The molecule has 378 valence electrons. The molecule has 0 radical (unpaired) electrons. The van der Waals surface area contributed by atoms with E-state index in [0.29, 0.717) is 32.2 Å². The van der Waals surface area contributed by atoms with E-state index in [1.807, 2.05) is 46.7 Å². The number of amides is 2. The predicted octanol–water partition coefficient (Wildman–Crippen LogP) is 3.87. The van der Waals surface area contributed by atoms with Gasteiger partial charge in [0.1, 0.15) is 29.2 Å². The summed E-state index contributed by atoms with van der Waals surface area (Å²) in [5, 5.41) is 40.7. The zero-order chi connectivity index (χ0) is 49.4. The second-order valence-electron chi connectivity index (χ2n) is 20.1. The lowest BCUT2D eigenvalue weighted by Gasteiger charge is -2.50. The summed E-state index contributed by atoms with van der Waals surface area (Å²) in [7, 11) is 6.73. The smallest absolute Gasteiger partial charge is 0.407 e. The molecule has 0 aromatic rings. The molecule has 0 spiro atoms. The lowest BCUT2D eigenvalue weighted by atomic mass is 9.74. The van der Waals surface area contributed by atoms with Crippen LogP contribution in [0.4, 0.5) is 4.79 Å². The summed E-state index contributed by atoms with van der Waals surface area (Å²) in [5.41, 5.74) is -4.47. The molecular weight excluding hydrogens is 847 g/mol. The van der Waals surface area contributed by atoms with Gasteiger partial charge in [-0.3, -0.25) is 14.4 Å². The standard InChI is InChI=1S/C47H85N3O15/c1-17-33-47(12,57)39(54)28(6)36(52)26(4)23-45(10,58-15)40(64-43-37(53)32(50(13)14)22-27(5)60-43)29(7)38(30(8)42(55)62-33)63-35-24-46(11,59-16)41(31(9)61-35)65-44(56)48-21-19-18-20-34(51)49-25(2)3/h25-33,35,37-41,43,53-54,57H,17-24H2,1-16H3,(H,48,56)(H,49,51)/t26-,27-,28+,29+,30-,31+,32+,33-,35+,37-,38+,39-,40-,41+,43+,45+,46-,47-/m1/s1. The van der Waals surface area contributed by atoms with Crippen molar-refractivity contribution >= 4 is 23.8 Å². The number of esters is 1. The number of methoxy groups -OCH3 is 2. The molecule has 0 unspecified atom stereocenters. The van der Waals surface area contributed by atoms with E-state index in [9.17, 15) is 34.5 Å².